The molecule has 84 valence electrons. The third-order valence-corrected chi connectivity index (χ3v) is 2.38. The second-order valence-corrected chi connectivity index (χ2v) is 3.67. The van der Waals surface area contributed by atoms with E-state index in [2.05, 4.69) is 16.0 Å². The lowest BCUT2D eigenvalue weighted by molar-refractivity contribution is -0.124. The fourth-order valence-electron chi connectivity index (χ4n) is 1.63. The second kappa shape index (κ2) is 4.22. The van der Waals surface area contributed by atoms with Gasteiger partial charge in [0.2, 0.25) is 11.8 Å². The van der Waals surface area contributed by atoms with E-state index in [1.807, 2.05) is 24.3 Å². The Hall–Kier alpha value is -2.04. The van der Waals surface area contributed by atoms with Gasteiger partial charge in [0.25, 0.3) is 0 Å². The van der Waals surface area contributed by atoms with Crippen LogP contribution in [0.3, 0.4) is 0 Å². The highest BCUT2D eigenvalue weighted by Gasteiger charge is 2.23. The normalized spacial score (nSPS) is 18.8. The van der Waals surface area contributed by atoms with E-state index < -0.39 is 6.04 Å². The van der Waals surface area contributed by atoms with Gasteiger partial charge in [0, 0.05) is 13.5 Å². The lowest BCUT2D eigenvalue weighted by Crippen LogP contribution is -2.45. The molecule has 3 N–H and O–H groups in total. The number of para-hydroxylation sites is 2. The van der Waals surface area contributed by atoms with Gasteiger partial charge in [0.15, 0.2) is 0 Å². The molecule has 1 aromatic rings. The monoisotopic (exact) mass is 219 g/mol. The van der Waals surface area contributed by atoms with E-state index in [0.29, 0.717) is 6.54 Å². The second-order valence-electron chi connectivity index (χ2n) is 3.67. The molecule has 0 fully saturated rings. The van der Waals surface area contributed by atoms with Crippen molar-refractivity contribution < 1.29 is 9.59 Å². The highest BCUT2D eigenvalue weighted by atomic mass is 16.2. The van der Waals surface area contributed by atoms with Gasteiger partial charge in [-0.2, -0.15) is 0 Å². The molecule has 5 nitrogen and oxygen atoms in total. The summed E-state index contributed by atoms with van der Waals surface area (Å²) >= 11 is 0. The molecule has 0 saturated carbocycles. The lowest BCUT2D eigenvalue weighted by atomic mass is 10.2. The van der Waals surface area contributed by atoms with E-state index in [1.165, 1.54) is 6.92 Å². The molecule has 5 heteroatoms. The highest BCUT2D eigenvalue weighted by molar-refractivity contribution is 6.00. The van der Waals surface area contributed by atoms with Crippen molar-refractivity contribution in [1.82, 2.24) is 5.32 Å². The minimum atomic E-state index is -0.537. The van der Waals surface area contributed by atoms with Gasteiger partial charge in [-0.3, -0.25) is 9.59 Å². The van der Waals surface area contributed by atoms with Crippen LogP contribution < -0.4 is 16.0 Å². The van der Waals surface area contributed by atoms with Crippen LogP contribution in [-0.2, 0) is 9.59 Å². The molecular formula is C11H13N3O2. The van der Waals surface area contributed by atoms with Gasteiger partial charge >= 0.3 is 0 Å². The van der Waals surface area contributed by atoms with Crippen LogP contribution in [0.15, 0.2) is 24.3 Å². The molecule has 0 spiro atoms. The number of hydrogen-bond donors (Lipinski definition) is 3. The minimum absolute atomic E-state index is 0.201. The number of fused-ring (bicyclic) bond motifs is 1. The van der Waals surface area contributed by atoms with Crippen molar-refractivity contribution in [2.24, 2.45) is 0 Å². The van der Waals surface area contributed by atoms with E-state index in [1.54, 1.807) is 0 Å². The summed E-state index contributed by atoms with van der Waals surface area (Å²) in [7, 11) is 0. The number of benzene rings is 1. The first-order valence-electron chi connectivity index (χ1n) is 5.07. The first-order chi connectivity index (χ1) is 7.66. The topological polar surface area (TPSA) is 70.2 Å². The van der Waals surface area contributed by atoms with E-state index in [9.17, 15) is 9.59 Å². The first-order valence-corrected chi connectivity index (χ1v) is 5.07. The molecule has 0 saturated heterocycles. The molecule has 1 unspecified atom stereocenters. The zero-order valence-electron chi connectivity index (χ0n) is 8.91. The predicted molar refractivity (Wildman–Crippen MR) is 61.2 cm³/mol. The van der Waals surface area contributed by atoms with Gasteiger partial charge in [-0.25, -0.2) is 0 Å². The quantitative estimate of drug-likeness (QED) is 0.646. The number of carbonyl (C=O) groups is 2. The van der Waals surface area contributed by atoms with Crippen molar-refractivity contribution in [3.63, 3.8) is 0 Å². The molecule has 16 heavy (non-hydrogen) atoms. The van der Waals surface area contributed by atoms with Crippen LogP contribution in [0.4, 0.5) is 11.4 Å². The van der Waals surface area contributed by atoms with Crippen molar-refractivity contribution in [3.05, 3.63) is 24.3 Å². The van der Waals surface area contributed by atoms with Crippen LogP contribution in [0, 0.1) is 0 Å². The molecule has 2 rings (SSSR count). The molecule has 0 radical (unpaired) electrons. The maximum Gasteiger partial charge on any atom is 0.248 e. The van der Waals surface area contributed by atoms with Crippen LogP contribution in [0.5, 0.6) is 0 Å². The first kappa shape index (κ1) is 10.5. The number of anilines is 2. The smallest absolute Gasteiger partial charge is 0.248 e. The average Bonchev–Trinajstić information content (AvgIpc) is 2.39. The SMILES string of the molecule is CC(=O)NC1CNc2ccccc2NC1=O. The molecule has 2 amide bonds. The van der Waals surface area contributed by atoms with Gasteiger partial charge < -0.3 is 16.0 Å². The summed E-state index contributed by atoms with van der Waals surface area (Å²) in [4.78, 5) is 22.7. The van der Waals surface area contributed by atoms with E-state index in [-0.39, 0.29) is 11.8 Å². The van der Waals surface area contributed by atoms with E-state index in [0.717, 1.165) is 11.4 Å². The summed E-state index contributed by atoms with van der Waals surface area (Å²) in [5, 5.41) is 8.47. The van der Waals surface area contributed by atoms with Gasteiger partial charge in [-0.05, 0) is 12.1 Å². The van der Waals surface area contributed by atoms with Crippen molar-refractivity contribution in [3.8, 4) is 0 Å². The third kappa shape index (κ3) is 2.13. The predicted octanol–water partition coefficient (Wildman–Crippen LogP) is 0.555. The van der Waals surface area contributed by atoms with Gasteiger partial charge in [-0.15, -0.1) is 0 Å². The Morgan fingerprint density at radius 1 is 1.38 bits per heavy atom. The Morgan fingerprint density at radius 3 is 2.75 bits per heavy atom. The Balaban J connectivity index is 2.18. The Bertz CT molecular complexity index is 431. The minimum Gasteiger partial charge on any atom is -0.381 e. The third-order valence-electron chi connectivity index (χ3n) is 2.38. The van der Waals surface area contributed by atoms with Gasteiger partial charge in [0.1, 0.15) is 6.04 Å². The highest BCUT2D eigenvalue weighted by Crippen LogP contribution is 2.22. The molecule has 0 bridgehead atoms. The van der Waals surface area contributed by atoms with Crippen LogP contribution in [0.1, 0.15) is 6.92 Å². The van der Waals surface area contributed by atoms with Crippen LogP contribution in [-0.4, -0.2) is 24.4 Å². The van der Waals surface area contributed by atoms with Crippen LogP contribution in [0.2, 0.25) is 0 Å². The molecule has 1 heterocycles. The van der Waals surface area contributed by atoms with Gasteiger partial charge in [0.05, 0.1) is 11.4 Å². The largest absolute Gasteiger partial charge is 0.381 e. The Labute approximate surface area is 93.2 Å². The van der Waals surface area contributed by atoms with Gasteiger partial charge in [-0.1, -0.05) is 12.1 Å². The summed E-state index contributed by atoms with van der Waals surface area (Å²) in [5.74, 6) is -0.416. The molecular weight excluding hydrogens is 206 g/mol. The molecule has 1 atom stereocenters. The molecule has 1 aliphatic rings. The van der Waals surface area contributed by atoms with Crippen molar-refractivity contribution in [2.45, 2.75) is 13.0 Å². The zero-order valence-corrected chi connectivity index (χ0v) is 8.91. The number of hydrogen-bond acceptors (Lipinski definition) is 3. The average molecular weight is 219 g/mol. The lowest BCUT2D eigenvalue weighted by Gasteiger charge is -2.13. The summed E-state index contributed by atoms with van der Waals surface area (Å²) in [6.45, 7) is 1.79. The van der Waals surface area contributed by atoms with Crippen molar-refractivity contribution >= 4 is 23.2 Å². The van der Waals surface area contributed by atoms with Crippen molar-refractivity contribution in [1.29, 1.82) is 0 Å². The van der Waals surface area contributed by atoms with E-state index >= 15 is 0 Å². The fourth-order valence-corrected chi connectivity index (χ4v) is 1.63. The summed E-state index contributed by atoms with van der Waals surface area (Å²) < 4.78 is 0. The van der Waals surface area contributed by atoms with Crippen LogP contribution >= 0.6 is 0 Å². The summed E-state index contributed by atoms with van der Waals surface area (Å²) in [6.07, 6.45) is 0. The summed E-state index contributed by atoms with van der Waals surface area (Å²) in [5.41, 5.74) is 1.60. The summed E-state index contributed by atoms with van der Waals surface area (Å²) in [6, 6.07) is 6.89. The van der Waals surface area contributed by atoms with Crippen molar-refractivity contribution in [2.75, 3.05) is 17.2 Å². The molecule has 1 aliphatic heterocycles. The number of rotatable bonds is 1. The number of nitrogens with one attached hydrogen (secondary N) is 3. The fraction of sp³-hybridized carbons (Fsp3) is 0.273. The zero-order chi connectivity index (χ0) is 11.5. The number of amides is 2. The molecule has 1 aromatic carbocycles. The van der Waals surface area contributed by atoms with E-state index in [4.69, 9.17) is 0 Å². The standard InChI is InChI=1S/C11H13N3O2/c1-7(15)13-10-6-12-8-4-2-3-5-9(8)14-11(10)16/h2-5,10,12H,6H2,1H3,(H,13,15)(H,14,16). The Kier molecular flexibility index (Phi) is 2.76. The van der Waals surface area contributed by atoms with Crippen LogP contribution in [0.25, 0.3) is 0 Å². The molecule has 0 aromatic heterocycles. The Morgan fingerprint density at radius 2 is 2.06 bits per heavy atom. The molecule has 0 aliphatic carbocycles. The maximum atomic E-state index is 11.7. The maximum absolute atomic E-state index is 11.7. The number of carbonyl (C=O) groups excluding carboxylic acids is 2.